The van der Waals surface area contributed by atoms with Crippen molar-refractivity contribution in [1.29, 1.82) is 0 Å². The zero-order valence-electron chi connectivity index (χ0n) is 24.8. The predicted molar refractivity (Wildman–Crippen MR) is 148 cm³/mol. The molecule has 0 aromatic carbocycles. The highest BCUT2D eigenvalue weighted by molar-refractivity contribution is 5.82. The highest BCUT2D eigenvalue weighted by Crippen LogP contribution is 2.49. The molecular weight excluding hydrogens is 500 g/mol. The van der Waals surface area contributed by atoms with E-state index in [1.165, 1.54) is 20.0 Å². The summed E-state index contributed by atoms with van der Waals surface area (Å²) in [6.45, 7) is 7.33. The first-order valence-corrected chi connectivity index (χ1v) is 15.5. The summed E-state index contributed by atoms with van der Waals surface area (Å²) in [7, 11) is 1.35. The molecule has 3 aliphatic carbocycles. The highest BCUT2D eigenvalue weighted by atomic mass is 16.6. The van der Waals surface area contributed by atoms with Gasteiger partial charge in [-0.1, -0.05) is 33.6 Å². The molecule has 0 amide bonds. The van der Waals surface area contributed by atoms with E-state index in [2.05, 4.69) is 13.8 Å². The maximum atomic E-state index is 12.6. The van der Waals surface area contributed by atoms with Gasteiger partial charge in [-0.3, -0.25) is 9.59 Å². The van der Waals surface area contributed by atoms with Crippen LogP contribution in [0.4, 0.5) is 0 Å². The normalized spacial score (nSPS) is 31.7. The van der Waals surface area contributed by atoms with Crippen molar-refractivity contribution in [3.05, 3.63) is 0 Å². The van der Waals surface area contributed by atoms with Crippen molar-refractivity contribution >= 4 is 11.9 Å². The molecule has 3 rings (SSSR count). The summed E-state index contributed by atoms with van der Waals surface area (Å²) in [6, 6.07) is 0. The molecule has 8 heteroatoms. The van der Waals surface area contributed by atoms with Crippen LogP contribution in [-0.2, 0) is 28.5 Å². The molecule has 39 heavy (non-hydrogen) atoms. The standard InChI is InChI=1S/C31H54O8/c1-5-23(32)18-37-25-14-10-21(11-15-25)31(2,3)22-12-16-26(17-13-22)38-19-24(33)20-39-30(35)28-9-7-6-8-27(28)29(34)36-4/h21-28,32-33H,5-20H2,1-4H3. The van der Waals surface area contributed by atoms with E-state index < -0.39 is 23.9 Å². The van der Waals surface area contributed by atoms with Gasteiger partial charge in [0.25, 0.3) is 0 Å². The van der Waals surface area contributed by atoms with E-state index >= 15 is 0 Å². The number of rotatable bonds is 13. The molecule has 0 aliphatic heterocycles. The van der Waals surface area contributed by atoms with Crippen LogP contribution >= 0.6 is 0 Å². The SMILES string of the molecule is CCC(O)COC1CCC(C(C)(C)C2CCC(OCC(O)COC(=O)C3CCCCC3C(=O)OC)CC2)CC1. The van der Waals surface area contributed by atoms with Crippen molar-refractivity contribution in [1.82, 2.24) is 0 Å². The van der Waals surface area contributed by atoms with Gasteiger partial charge in [0.2, 0.25) is 0 Å². The second-order valence-electron chi connectivity index (χ2n) is 12.8. The van der Waals surface area contributed by atoms with Crippen molar-refractivity contribution in [3.8, 4) is 0 Å². The smallest absolute Gasteiger partial charge is 0.309 e. The van der Waals surface area contributed by atoms with Gasteiger partial charge >= 0.3 is 11.9 Å². The molecule has 0 aromatic heterocycles. The minimum atomic E-state index is -0.876. The third-order valence-corrected chi connectivity index (χ3v) is 9.96. The fraction of sp³-hybridized carbons (Fsp3) is 0.935. The molecule has 0 saturated heterocycles. The Bertz CT molecular complexity index is 739. The van der Waals surface area contributed by atoms with Crippen LogP contribution in [0.1, 0.15) is 104 Å². The molecule has 3 fully saturated rings. The zero-order valence-corrected chi connectivity index (χ0v) is 24.8. The molecule has 8 nitrogen and oxygen atoms in total. The first kappa shape index (κ1) is 32.3. The largest absolute Gasteiger partial charge is 0.469 e. The number of carbonyl (C=O) groups excluding carboxylic acids is 2. The summed E-state index contributed by atoms with van der Waals surface area (Å²) >= 11 is 0. The number of hydrogen-bond donors (Lipinski definition) is 2. The van der Waals surface area contributed by atoms with Crippen molar-refractivity contribution in [2.24, 2.45) is 29.1 Å². The lowest BCUT2D eigenvalue weighted by molar-refractivity contribution is -0.164. The van der Waals surface area contributed by atoms with E-state index in [1.54, 1.807) is 0 Å². The molecule has 4 atom stereocenters. The summed E-state index contributed by atoms with van der Waals surface area (Å²) < 4.78 is 22.2. The van der Waals surface area contributed by atoms with Crippen molar-refractivity contribution < 1.29 is 38.7 Å². The lowest BCUT2D eigenvalue weighted by Gasteiger charge is -2.46. The first-order valence-electron chi connectivity index (χ1n) is 15.5. The van der Waals surface area contributed by atoms with Crippen molar-refractivity contribution in [2.45, 2.75) is 129 Å². The van der Waals surface area contributed by atoms with Gasteiger partial charge in [0.15, 0.2) is 0 Å². The molecule has 3 saturated carbocycles. The quantitative estimate of drug-likeness (QED) is 0.312. The summed E-state index contributed by atoms with van der Waals surface area (Å²) in [5.41, 5.74) is 0.272. The fourth-order valence-electron chi connectivity index (χ4n) is 7.07. The number of aliphatic hydroxyl groups excluding tert-OH is 2. The Labute approximate surface area is 235 Å². The molecule has 0 bridgehead atoms. The minimum absolute atomic E-state index is 0.116. The molecule has 0 spiro atoms. The second kappa shape index (κ2) is 15.7. The first-order chi connectivity index (χ1) is 18.6. The Morgan fingerprint density at radius 1 is 0.718 bits per heavy atom. The molecule has 226 valence electrons. The number of aliphatic hydroxyl groups is 2. The lowest BCUT2D eigenvalue weighted by atomic mass is 9.60. The molecule has 0 radical (unpaired) electrons. The van der Waals surface area contributed by atoms with Crippen LogP contribution in [0.5, 0.6) is 0 Å². The van der Waals surface area contributed by atoms with Gasteiger partial charge in [-0.2, -0.15) is 0 Å². The van der Waals surface area contributed by atoms with Gasteiger partial charge in [0.1, 0.15) is 12.7 Å². The van der Waals surface area contributed by atoms with E-state index in [0.29, 0.717) is 31.3 Å². The average Bonchev–Trinajstić information content (AvgIpc) is 2.97. The number of ether oxygens (including phenoxy) is 4. The van der Waals surface area contributed by atoms with E-state index in [1.807, 2.05) is 6.92 Å². The second-order valence-corrected chi connectivity index (χ2v) is 12.8. The Morgan fingerprint density at radius 3 is 1.64 bits per heavy atom. The van der Waals surface area contributed by atoms with Gasteiger partial charge in [0, 0.05) is 0 Å². The van der Waals surface area contributed by atoms with Crippen LogP contribution in [0.25, 0.3) is 0 Å². The lowest BCUT2D eigenvalue weighted by Crippen LogP contribution is -2.39. The van der Waals surface area contributed by atoms with E-state index in [9.17, 15) is 19.8 Å². The number of carbonyl (C=O) groups is 2. The summed E-state index contributed by atoms with van der Waals surface area (Å²) in [5, 5.41) is 20.2. The maximum Gasteiger partial charge on any atom is 0.309 e. The van der Waals surface area contributed by atoms with Crippen LogP contribution in [-0.4, -0.2) is 73.5 Å². The van der Waals surface area contributed by atoms with Crippen LogP contribution in [0.2, 0.25) is 0 Å². The summed E-state index contributed by atoms with van der Waals surface area (Å²) in [5.74, 6) is -0.377. The summed E-state index contributed by atoms with van der Waals surface area (Å²) in [4.78, 5) is 24.6. The van der Waals surface area contributed by atoms with E-state index in [-0.39, 0.29) is 42.9 Å². The molecular formula is C31H54O8. The van der Waals surface area contributed by atoms with Crippen LogP contribution in [0.15, 0.2) is 0 Å². The van der Waals surface area contributed by atoms with Gasteiger partial charge in [-0.05, 0) is 87.9 Å². The number of esters is 2. The molecule has 0 heterocycles. The van der Waals surface area contributed by atoms with E-state index in [0.717, 1.165) is 57.8 Å². The maximum absolute atomic E-state index is 12.6. The third-order valence-electron chi connectivity index (χ3n) is 9.96. The Kier molecular flexibility index (Phi) is 13.0. The van der Waals surface area contributed by atoms with Gasteiger partial charge in [-0.25, -0.2) is 0 Å². The van der Waals surface area contributed by atoms with Gasteiger partial charge in [0.05, 0.1) is 50.5 Å². The van der Waals surface area contributed by atoms with Crippen LogP contribution in [0.3, 0.4) is 0 Å². The van der Waals surface area contributed by atoms with Gasteiger partial charge in [-0.15, -0.1) is 0 Å². The molecule has 0 aromatic rings. The molecule has 4 unspecified atom stereocenters. The number of hydrogen-bond acceptors (Lipinski definition) is 8. The fourth-order valence-corrected chi connectivity index (χ4v) is 7.07. The molecule has 3 aliphatic rings. The molecule has 2 N–H and O–H groups in total. The number of methoxy groups -OCH3 is 1. The monoisotopic (exact) mass is 554 g/mol. The highest BCUT2D eigenvalue weighted by Gasteiger charge is 2.41. The topological polar surface area (TPSA) is 112 Å². The van der Waals surface area contributed by atoms with Crippen LogP contribution in [0, 0.1) is 29.1 Å². The van der Waals surface area contributed by atoms with Crippen molar-refractivity contribution in [2.75, 3.05) is 26.9 Å². The summed E-state index contributed by atoms with van der Waals surface area (Å²) in [6.07, 6.45) is 11.7. The Balaban J connectivity index is 1.33. The minimum Gasteiger partial charge on any atom is -0.469 e. The van der Waals surface area contributed by atoms with Crippen molar-refractivity contribution in [3.63, 3.8) is 0 Å². The Morgan fingerprint density at radius 2 is 1.18 bits per heavy atom. The average molecular weight is 555 g/mol. The van der Waals surface area contributed by atoms with Crippen LogP contribution < -0.4 is 0 Å². The predicted octanol–water partition coefficient (Wildman–Crippen LogP) is 4.82. The van der Waals surface area contributed by atoms with E-state index in [4.69, 9.17) is 18.9 Å². The Hall–Kier alpha value is -1.22. The zero-order chi connectivity index (χ0) is 28.4. The van der Waals surface area contributed by atoms with Gasteiger partial charge < -0.3 is 29.2 Å². The third kappa shape index (κ3) is 9.40.